The van der Waals surface area contributed by atoms with Crippen molar-refractivity contribution in [2.45, 2.75) is 26.9 Å². The molecule has 0 saturated heterocycles. The Bertz CT molecular complexity index is 798. The van der Waals surface area contributed by atoms with Crippen LogP contribution in [0.5, 0.6) is 0 Å². The van der Waals surface area contributed by atoms with Gasteiger partial charge < -0.3 is 4.52 Å². The van der Waals surface area contributed by atoms with Gasteiger partial charge in [0.2, 0.25) is 11.7 Å². The summed E-state index contributed by atoms with van der Waals surface area (Å²) in [5.41, 5.74) is 3.05. The zero-order chi connectivity index (χ0) is 16.9. The standard InChI is InChI=1S/C19H20FN3O/c1-3-23(12-15-5-4-6-17(20)11-15)13-18-21-19(22-24-18)16-9-7-14(2)8-10-16/h4-11H,3,12-13H2,1-2H3. The lowest BCUT2D eigenvalue weighted by atomic mass is 10.1. The predicted molar refractivity (Wildman–Crippen MR) is 90.7 cm³/mol. The van der Waals surface area contributed by atoms with Crippen LogP contribution >= 0.6 is 0 Å². The Labute approximate surface area is 140 Å². The number of nitrogens with zero attached hydrogens (tertiary/aromatic N) is 3. The molecule has 3 rings (SSSR count). The summed E-state index contributed by atoms with van der Waals surface area (Å²) in [7, 11) is 0. The van der Waals surface area contributed by atoms with Crippen LogP contribution in [0.4, 0.5) is 4.39 Å². The van der Waals surface area contributed by atoms with Gasteiger partial charge in [-0.1, -0.05) is 54.0 Å². The predicted octanol–water partition coefficient (Wildman–Crippen LogP) is 4.21. The number of hydrogen-bond acceptors (Lipinski definition) is 4. The maximum Gasteiger partial charge on any atom is 0.241 e. The average Bonchev–Trinajstić information content (AvgIpc) is 3.03. The van der Waals surface area contributed by atoms with E-state index in [9.17, 15) is 4.39 Å². The molecule has 1 aromatic heterocycles. The van der Waals surface area contributed by atoms with Gasteiger partial charge in [-0.15, -0.1) is 0 Å². The van der Waals surface area contributed by atoms with Gasteiger partial charge in [0.15, 0.2) is 0 Å². The van der Waals surface area contributed by atoms with Crippen LogP contribution in [-0.4, -0.2) is 21.6 Å². The van der Waals surface area contributed by atoms with E-state index in [1.165, 1.54) is 11.6 Å². The molecule has 0 saturated carbocycles. The van der Waals surface area contributed by atoms with Crippen molar-refractivity contribution >= 4 is 0 Å². The molecule has 1 heterocycles. The fourth-order valence-electron chi connectivity index (χ4n) is 2.50. The van der Waals surface area contributed by atoms with Crippen molar-refractivity contribution in [2.24, 2.45) is 0 Å². The summed E-state index contributed by atoms with van der Waals surface area (Å²) in [5.74, 6) is 0.929. The van der Waals surface area contributed by atoms with E-state index in [4.69, 9.17) is 4.52 Å². The highest BCUT2D eigenvalue weighted by Gasteiger charge is 2.13. The maximum absolute atomic E-state index is 13.3. The summed E-state index contributed by atoms with van der Waals surface area (Å²) in [6.45, 7) is 6.06. The average molecular weight is 325 g/mol. The van der Waals surface area contributed by atoms with Crippen molar-refractivity contribution in [3.63, 3.8) is 0 Å². The van der Waals surface area contributed by atoms with Crippen molar-refractivity contribution in [3.05, 3.63) is 71.4 Å². The lowest BCUT2D eigenvalue weighted by Gasteiger charge is -2.18. The zero-order valence-corrected chi connectivity index (χ0v) is 13.9. The first kappa shape index (κ1) is 16.3. The quantitative estimate of drug-likeness (QED) is 0.681. The van der Waals surface area contributed by atoms with Crippen LogP contribution in [0.1, 0.15) is 23.9 Å². The lowest BCUT2D eigenvalue weighted by molar-refractivity contribution is 0.229. The van der Waals surface area contributed by atoms with Crippen molar-refractivity contribution in [1.29, 1.82) is 0 Å². The first-order valence-corrected chi connectivity index (χ1v) is 8.00. The lowest BCUT2D eigenvalue weighted by Crippen LogP contribution is -2.22. The van der Waals surface area contributed by atoms with Crippen LogP contribution in [-0.2, 0) is 13.1 Å². The summed E-state index contributed by atoms with van der Waals surface area (Å²) >= 11 is 0. The van der Waals surface area contributed by atoms with Crippen molar-refractivity contribution in [3.8, 4) is 11.4 Å². The van der Waals surface area contributed by atoms with Crippen LogP contribution < -0.4 is 0 Å². The Balaban J connectivity index is 1.69. The molecule has 0 aliphatic carbocycles. The van der Waals surface area contributed by atoms with E-state index in [0.717, 1.165) is 17.7 Å². The molecule has 124 valence electrons. The van der Waals surface area contributed by atoms with Gasteiger partial charge in [0.05, 0.1) is 6.54 Å². The van der Waals surface area contributed by atoms with Crippen LogP contribution in [0, 0.1) is 12.7 Å². The molecule has 0 bridgehead atoms. The summed E-state index contributed by atoms with van der Waals surface area (Å²) in [6, 6.07) is 14.6. The molecule has 0 atom stereocenters. The highest BCUT2D eigenvalue weighted by molar-refractivity contribution is 5.54. The third kappa shape index (κ3) is 4.06. The van der Waals surface area contributed by atoms with Crippen LogP contribution in [0.3, 0.4) is 0 Å². The molecule has 0 aliphatic rings. The number of aromatic nitrogens is 2. The molecule has 0 fully saturated rings. The summed E-state index contributed by atoms with van der Waals surface area (Å²) in [6.07, 6.45) is 0. The molecular formula is C19H20FN3O. The molecule has 0 amide bonds. The summed E-state index contributed by atoms with van der Waals surface area (Å²) in [4.78, 5) is 6.59. The fraction of sp³-hybridized carbons (Fsp3) is 0.263. The molecule has 0 radical (unpaired) electrons. The van der Waals surface area contributed by atoms with Crippen LogP contribution in [0.25, 0.3) is 11.4 Å². The van der Waals surface area contributed by atoms with E-state index in [1.54, 1.807) is 12.1 Å². The van der Waals surface area contributed by atoms with Gasteiger partial charge >= 0.3 is 0 Å². The van der Waals surface area contributed by atoms with Gasteiger partial charge in [0, 0.05) is 12.1 Å². The second-order valence-corrected chi connectivity index (χ2v) is 5.81. The molecule has 0 spiro atoms. The minimum atomic E-state index is -0.219. The van der Waals surface area contributed by atoms with E-state index in [0.29, 0.717) is 24.8 Å². The van der Waals surface area contributed by atoms with Gasteiger partial charge in [0.1, 0.15) is 5.82 Å². The first-order chi connectivity index (χ1) is 11.6. The molecular weight excluding hydrogens is 305 g/mol. The molecule has 24 heavy (non-hydrogen) atoms. The third-order valence-electron chi connectivity index (χ3n) is 3.88. The number of halogens is 1. The number of rotatable bonds is 6. The monoisotopic (exact) mass is 325 g/mol. The van der Waals surface area contributed by atoms with E-state index < -0.39 is 0 Å². The Kier molecular flexibility index (Phi) is 5.01. The SMILES string of the molecule is CCN(Cc1cccc(F)c1)Cc1nc(-c2ccc(C)cc2)no1. The van der Waals surface area contributed by atoms with Crippen LogP contribution in [0.15, 0.2) is 53.1 Å². The largest absolute Gasteiger partial charge is 0.338 e. The van der Waals surface area contributed by atoms with E-state index in [1.807, 2.05) is 37.3 Å². The Morgan fingerprint density at radius 2 is 1.88 bits per heavy atom. The molecule has 0 aliphatic heterocycles. The topological polar surface area (TPSA) is 42.2 Å². The summed E-state index contributed by atoms with van der Waals surface area (Å²) in [5, 5.41) is 4.05. The second kappa shape index (κ2) is 7.36. The smallest absolute Gasteiger partial charge is 0.241 e. The normalized spacial score (nSPS) is 11.2. The first-order valence-electron chi connectivity index (χ1n) is 8.00. The number of hydrogen-bond donors (Lipinski definition) is 0. The van der Waals surface area contributed by atoms with Gasteiger partial charge in [0.25, 0.3) is 0 Å². The Hall–Kier alpha value is -2.53. The molecule has 0 N–H and O–H groups in total. The second-order valence-electron chi connectivity index (χ2n) is 5.81. The summed E-state index contributed by atoms with van der Waals surface area (Å²) < 4.78 is 18.7. The van der Waals surface area contributed by atoms with Gasteiger partial charge in [-0.05, 0) is 31.2 Å². The van der Waals surface area contributed by atoms with Crippen molar-refractivity contribution in [1.82, 2.24) is 15.0 Å². The molecule has 2 aromatic carbocycles. The van der Waals surface area contributed by atoms with Crippen molar-refractivity contribution < 1.29 is 8.91 Å². The van der Waals surface area contributed by atoms with Gasteiger partial charge in [-0.3, -0.25) is 4.90 Å². The maximum atomic E-state index is 13.3. The molecule has 0 unspecified atom stereocenters. The molecule has 4 nitrogen and oxygen atoms in total. The molecule has 3 aromatic rings. The highest BCUT2D eigenvalue weighted by atomic mass is 19.1. The molecule has 5 heteroatoms. The number of aryl methyl sites for hydroxylation is 1. The van der Waals surface area contributed by atoms with E-state index in [-0.39, 0.29) is 5.82 Å². The third-order valence-corrected chi connectivity index (χ3v) is 3.88. The van der Waals surface area contributed by atoms with Gasteiger partial charge in [-0.2, -0.15) is 4.98 Å². The van der Waals surface area contributed by atoms with E-state index in [2.05, 4.69) is 22.0 Å². The Morgan fingerprint density at radius 1 is 1.08 bits per heavy atom. The van der Waals surface area contributed by atoms with Crippen LogP contribution in [0.2, 0.25) is 0 Å². The van der Waals surface area contributed by atoms with E-state index >= 15 is 0 Å². The minimum absolute atomic E-state index is 0.219. The zero-order valence-electron chi connectivity index (χ0n) is 13.9. The fourth-order valence-corrected chi connectivity index (χ4v) is 2.50. The highest BCUT2D eigenvalue weighted by Crippen LogP contribution is 2.17. The Morgan fingerprint density at radius 3 is 2.58 bits per heavy atom. The van der Waals surface area contributed by atoms with Crippen molar-refractivity contribution in [2.75, 3.05) is 6.54 Å². The number of benzene rings is 2. The van der Waals surface area contributed by atoms with Gasteiger partial charge in [-0.25, -0.2) is 4.39 Å². The minimum Gasteiger partial charge on any atom is -0.338 e.